The van der Waals surface area contributed by atoms with Crippen molar-refractivity contribution in [2.45, 2.75) is 0 Å². The SMILES string of the molecule is Fc1ccccc1-c1cccc(-c2ccc3[nH]nc(-c4nc5ccccc5[nH]4)c3c2)c1F. The van der Waals surface area contributed by atoms with Crippen molar-refractivity contribution in [2.75, 3.05) is 0 Å². The summed E-state index contributed by atoms with van der Waals surface area (Å²) in [6, 6.07) is 24.5. The average molecular weight is 422 g/mol. The maximum atomic E-state index is 15.5. The number of aromatic nitrogens is 4. The molecule has 32 heavy (non-hydrogen) atoms. The van der Waals surface area contributed by atoms with Crippen molar-refractivity contribution >= 4 is 21.9 Å². The fourth-order valence-electron chi connectivity index (χ4n) is 4.07. The zero-order valence-corrected chi connectivity index (χ0v) is 16.7. The first-order valence-corrected chi connectivity index (χ1v) is 10.2. The minimum Gasteiger partial charge on any atom is -0.337 e. The van der Waals surface area contributed by atoms with Crippen LogP contribution in [0.1, 0.15) is 0 Å². The number of hydrogen-bond donors (Lipinski definition) is 2. The van der Waals surface area contributed by atoms with Gasteiger partial charge in [0.15, 0.2) is 5.82 Å². The predicted octanol–water partition coefficient (Wildman–Crippen LogP) is 6.72. The predicted molar refractivity (Wildman–Crippen MR) is 122 cm³/mol. The second-order valence-electron chi connectivity index (χ2n) is 7.58. The topological polar surface area (TPSA) is 57.4 Å². The molecule has 0 amide bonds. The molecule has 0 radical (unpaired) electrons. The molecule has 4 aromatic carbocycles. The summed E-state index contributed by atoms with van der Waals surface area (Å²) >= 11 is 0. The van der Waals surface area contributed by atoms with Crippen LogP contribution in [0.3, 0.4) is 0 Å². The van der Waals surface area contributed by atoms with Gasteiger partial charge in [0.2, 0.25) is 0 Å². The molecule has 2 N–H and O–H groups in total. The fraction of sp³-hybridized carbons (Fsp3) is 0. The van der Waals surface area contributed by atoms with Crippen LogP contribution in [0.2, 0.25) is 0 Å². The standard InChI is InChI=1S/C26H16F2N4/c27-20-9-2-1-6-17(20)18-8-5-7-16(24(18)28)15-12-13-21-19(14-15)25(32-31-21)26-29-22-10-3-4-11-23(22)30-26/h1-14H,(H,29,30)(H,31,32). The zero-order valence-electron chi connectivity index (χ0n) is 16.7. The molecular weight excluding hydrogens is 406 g/mol. The van der Waals surface area contributed by atoms with Crippen LogP contribution in [0, 0.1) is 11.6 Å². The number of benzene rings is 4. The minimum absolute atomic E-state index is 0.227. The maximum absolute atomic E-state index is 15.5. The molecule has 4 nitrogen and oxygen atoms in total. The number of nitrogens with zero attached hydrogens (tertiary/aromatic N) is 2. The Morgan fingerprint density at radius 2 is 1.47 bits per heavy atom. The van der Waals surface area contributed by atoms with Crippen molar-refractivity contribution < 1.29 is 8.78 Å². The van der Waals surface area contributed by atoms with E-state index in [4.69, 9.17) is 0 Å². The van der Waals surface area contributed by atoms with Crippen LogP contribution in [-0.4, -0.2) is 20.2 Å². The third-order valence-corrected chi connectivity index (χ3v) is 5.65. The molecular formula is C26H16F2N4. The Labute approximate surface area is 181 Å². The zero-order chi connectivity index (χ0) is 21.7. The van der Waals surface area contributed by atoms with Gasteiger partial charge in [0.25, 0.3) is 0 Å². The summed E-state index contributed by atoms with van der Waals surface area (Å²) in [6.07, 6.45) is 0. The molecule has 0 spiro atoms. The van der Waals surface area contributed by atoms with Crippen LogP contribution in [0.5, 0.6) is 0 Å². The lowest BCUT2D eigenvalue weighted by Gasteiger charge is -2.10. The van der Waals surface area contributed by atoms with Crippen LogP contribution >= 0.6 is 0 Å². The van der Waals surface area contributed by atoms with Crippen LogP contribution < -0.4 is 0 Å². The number of fused-ring (bicyclic) bond motifs is 2. The van der Waals surface area contributed by atoms with Gasteiger partial charge in [0.05, 0.1) is 16.6 Å². The normalized spacial score (nSPS) is 11.4. The third-order valence-electron chi connectivity index (χ3n) is 5.65. The average Bonchev–Trinajstić information content (AvgIpc) is 3.43. The molecule has 0 unspecified atom stereocenters. The van der Waals surface area contributed by atoms with Gasteiger partial charge >= 0.3 is 0 Å². The molecule has 2 aromatic heterocycles. The van der Waals surface area contributed by atoms with Crippen LogP contribution in [0.4, 0.5) is 8.78 Å². The summed E-state index contributed by atoms with van der Waals surface area (Å²) in [4.78, 5) is 7.92. The van der Waals surface area contributed by atoms with Crippen molar-refractivity contribution in [3.05, 3.63) is 96.6 Å². The largest absolute Gasteiger partial charge is 0.337 e. The molecule has 154 valence electrons. The summed E-state index contributed by atoms with van der Waals surface area (Å²) in [5.74, 6) is -0.290. The highest BCUT2D eigenvalue weighted by Gasteiger charge is 2.17. The first kappa shape index (κ1) is 18.4. The van der Waals surface area contributed by atoms with Gasteiger partial charge in [-0.05, 0) is 35.9 Å². The lowest BCUT2D eigenvalue weighted by molar-refractivity contribution is 0.618. The Morgan fingerprint density at radius 3 is 2.34 bits per heavy atom. The number of aromatic amines is 2. The highest BCUT2D eigenvalue weighted by atomic mass is 19.1. The van der Waals surface area contributed by atoms with Crippen molar-refractivity contribution in [3.63, 3.8) is 0 Å². The van der Waals surface area contributed by atoms with Crippen LogP contribution in [-0.2, 0) is 0 Å². The molecule has 6 heteroatoms. The molecule has 2 heterocycles. The first-order chi connectivity index (χ1) is 15.7. The van der Waals surface area contributed by atoms with Gasteiger partial charge in [-0.2, -0.15) is 5.10 Å². The van der Waals surface area contributed by atoms with E-state index in [-0.39, 0.29) is 11.1 Å². The molecule has 6 rings (SSSR count). The van der Waals surface area contributed by atoms with Crippen molar-refractivity contribution in [1.82, 2.24) is 20.2 Å². The molecule has 6 aromatic rings. The van der Waals surface area contributed by atoms with Gasteiger partial charge in [0, 0.05) is 22.1 Å². The van der Waals surface area contributed by atoms with E-state index in [1.54, 1.807) is 36.4 Å². The monoisotopic (exact) mass is 422 g/mol. The first-order valence-electron chi connectivity index (χ1n) is 10.2. The Hall–Kier alpha value is -4.32. The number of imidazole rings is 1. The third kappa shape index (κ3) is 2.88. The maximum Gasteiger partial charge on any atom is 0.159 e. The second kappa shape index (κ2) is 7.13. The van der Waals surface area contributed by atoms with Crippen molar-refractivity contribution in [1.29, 1.82) is 0 Å². The number of halogens is 2. The fourth-order valence-corrected chi connectivity index (χ4v) is 4.07. The van der Waals surface area contributed by atoms with E-state index >= 15 is 4.39 Å². The van der Waals surface area contributed by atoms with Gasteiger partial charge in [0.1, 0.15) is 17.3 Å². The number of rotatable bonds is 3. The molecule has 0 saturated heterocycles. The quantitative estimate of drug-likeness (QED) is 0.333. The van der Waals surface area contributed by atoms with Gasteiger partial charge in [-0.3, -0.25) is 5.10 Å². The summed E-state index contributed by atoms with van der Waals surface area (Å²) in [7, 11) is 0. The minimum atomic E-state index is -0.467. The van der Waals surface area contributed by atoms with Crippen LogP contribution in [0.25, 0.3) is 55.7 Å². The lowest BCUT2D eigenvalue weighted by atomic mass is 9.96. The number of nitrogens with one attached hydrogen (secondary N) is 2. The summed E-state index contributed by atoms with van der Waals surface area (Å²) in [5.41, 5.74) is 4.76. The van der Waals surface area contributed by atoms with E-state index in [1.165, 1.54) is 6.07 Å². The Kier molecular flexibility index (Phi) is 4.11. The molecule has 0 aliphatic carbocycles. The molecule has 0 bridgehead atoms. The summed E-state index contributed by atoms with van der Waals surface area (Å²) < 4.78 is 29.8. The van der Waals surface area contributed by atoms with E-state index in [9.17, 15) is 4.39 Å². The molecule has 0 aliphatic heterocycles. The van der Waals surface area contributed by atoms with Gasteiger partial charge in [-0.15, -0.1) is 0 Å². The Bertz CT molecular complexity index is 1580. The lowest BCUT2D eigenvalue weighted by Crippen LogP contribution is -1.92. The van der Waals surface area contributed by atoms with Crippen molar-refractivity contribution in [3.8, 4) is 33.8 Å². The number of para-hydroxylation sites is 2. The molecule has 0 aliphatic rings. The van der Waals surface area contributed by atoms with Gasteiger partial charge in [-0.25, -0.2) is 13.8 Å². The second-order valence-corrected chi connectivity index (χ2v) is 7.58. The van der Waals surface area contributed by atoms with E-state index in [0.29, 0.717) is 22.6 Å². The highest BCUT2D eigenvalue weighted by molar-refractivity contribution is 5.96. The van der Waals surface area contributed by atoms with E-state index in [1.807, 2.05) is 42.5 Å². The highest BCUT2D eigenvalue weighted by Crippen LogP contribution is 2.35. The molecule has 0 saturated carbocycles. The Balaban J connectivity index is 1.50. The number of hydrogen-bond acceptors (Lipinski definition) is 2. The summed E-state index contributed by atoms with van der Waals surface area (Å²) in [5, 5.41) is 8.27. The van der Waals surface area contributed by atoms with Gasteiger partial charge < -0.3 is 4.98 Å². The molecule has 0 atom stereocenters. The Morgan fingerprint density at radius 1 is 0.688 bits per heavy atom. The molecule has 0 fully saturated rings. The number of H-pyrrole nitrogens is 2. The van der Waals surface area contributed by atoms with Crippen LogP contribution in [0.15, 0.2) is 84.9 Å². The smallest absolute Gasteiger partial charge is 0.159 e. The van der Waals surface area contributed by atoms with E-state index in [2.05, 4.69) is 20.2 Å². The summed E-state index contributed by atoms with van der Waals surface area (Å²) in [6.45, 7) is 0. The van der Waals surface area contributed by atoms with Crippen molar-refractivity contribution in [2.24, 2.45) is 0 Å². The van der Waals surface area contributed by atoms with E-state index < -0.39 is 11.6 Å². The van der Waals surface area contributed by atoms with E-state index in [0.717, 1.165) is 21.9 Å². The van der Waals surface area contributed by atoms with Gasteiger partial charge in [-0.1, -0.05) is 54.6 Å².